The van der Waals surface area contributed by atoms with Gasteiger partial charge in [0.05, 0.1) is 11.7 Å². The third kappa shape index (κ3) is 3.99. The molecule has 2 aromatic heterocycles. The molecule has 5 heteroatoms. The second-order valence-corrected chi connectivity index (χ2v) is 7.63. The minimum atomic E-state index is -0.120. The first-order valence-corrected chi connectivity index (χ1v) is 9.58. The van der Waals surface area contributed by atoms with Crippen molar-refractivity contribution < 1.29 is 4.79 Å². The van der Waals surface area contributed by atoms with Gasteiger partial charge in [-0.2, -0.15) is 0 Å². The third-order valence-corrected chi connectivity index (χ3v) is 5.32. The number of carbonyl (C=O) groups excluding carboxylic acids is 1. The number of amides is 1. The van der Waals surface area contributed by atoms with Gasteiger partial charge in [-0.1, -0.05) is 32.0 Å². The number of aryl methyl sites for hydroxylation is 2. The fourth-order valence-corrected chi connectivity index (χ4v) is 3.65. The highest BCUT2D eigenvalue weighted by atomic mass is 32.1. The molecular weight excluding hydrogens is 342 g/mol. The number of benzene rings is 1. The minimum Gasteiger partial charge on any atom is -0.343 e. The molecule has 0 aliphatic rings. The Morgan fingerprint density at radius 3 is 2.42 bits per heavy atom. The molecule has 1 aromatic carbocycles. The first-order valence-electron chi connectivity index (χ1n) is 8.70. The first-order chi connectivity index (χ1) is 12.5. The maximum atomic E-state index is 12.7. The number of thiazole rings is 1. The topological polar surface area (TPSA) is 54.9 Å². The average Bonchev–Trinajstić information content (AvgIpc) is 3.06. The smallest absolute Gasteiger partial charge is 0.251 e. The van der Waals surface area contributed by atoms with E-state index in [1.165, 1.54) is 0 Å². The molecule has 1 amide bonds. The van der Waals surface area contributed by atoms with Crippen molar-refractivity contribution >= 4 is 17.2 Å². The van der Waals surface area contributed by atoms with Gasteiger partial charge in [-0.25, -0.2) is 4.98 Å². The van der Waals surface area contributed by atoms with Gasteiger partial charge in [-0.15, -0.1) is 11.3 Å². The van der Waals surface area contributed by atoms with E-state index in [1.807, 2.05) is 55.6 Å². The van der Waals surface area contributed by atoms with E-state index in [-0.39, 0.29) is 17.9 Å². The summed E-state index contributed by atoms with van der Waals surface area (Å²) < 4.78 is 0. The first kappa shape index (κ1) is 18.3. The van der Waals surface area contributed by atoms with Crippen LogP contribution in [-0.2, 0) is 0 Å². The molecule has 134 valence electrons. The van der Waals surface area contributed by atoms with Crippen LogP contribution in [0.1, 0.15) is 47.2 Å². The summed E-state index contributed by atoms with van der Waals surface area (Å²) in [6, 6.07) is 11.4. The third-order valence-electron chi connectivity index (χ3n) is 4.31. The number of rotatable bonds is 5. The van der Waals surface area contributed by atoms with Crippen molar-refractivity contribution in [2.45, 2.75) is 33.7 Å². The van der Waals surface area contributed by atoms with Gasteiger partial charge in [0.15, 0.2) is 0 Å². The minimum absolute atomic E-state index is 0.0874. The van der Waals surface area contributed by atoms with Gasteiger partial charge < -0.3 is 5.32 Å². The van der Waals surface area contributed by atoms with Crippen molar-refractivity contribution in [1.29, 1.82) is 0 Å². The van der Waals surface area contributed by atoms with E-state index in [2.05, 4.69) is 29.1 Å². The lowest BCUT2D eigenvalue weighted by atomic mass is 9.97. The number of pyridine rings is 1. The molecule has 0 aliphatic heterocycles. The summed E-state index contributed by atoms with van der Waals surface area (Å²) >= 11 is 1.61. The van der Waals surface area contributed by atoms with Gasteiger partial charge in [-0.3, -0.25) is 9.78 Å². The molecule has 2 heterocycles. The Hall–Kier alpha value is -2.53. The molecule has 0 bridgehead atoms. The van der Waals surface area contributed by atoms with Crippen LogP contribution in [0.25, 0.3) is 10.6 Å². The molecule has 3 aromatic rings. The molecule has 1 atom stereocenters. The maximum absolute atomic E-state index is 12.7. The van der Waals surface area contributed by atoms with Crippen molar-refractivity contribution in [3.8, 4) is 10.6 Å². The Labute approximate surface area is 158 Å². The second-order valence-electron chi connectivity index (χ2n) is 6.77. The monoisotopic (exact) mass is 365 g/mol. The molecule has 1 N–H and O–H groups in total. The van der Waals surface area contributed by atoms with Gasteiger partial charge in [-0.05, 0) is 43.5 Å². The number of nitrogens with zero attached hydrogens (tertiary/aromatic N) is 2. The van der Waals surface area contributed by atoms with Crippen LogP contribution < -0.4 is 5.32 Å². The molecule has 1 unspecified atom stereocenters. The lowest BCUT2D eigenvalue weighted by Gasteiger charge is -2.23. The van der Waals surface area contributed by atoms with Crippen LogP contribution in [-0.4, -0.2) is 15.9 Å². The van der Waals surface area contributed by atoms with Gasteiger partial charge in [0.2, 0.25) is 0 Å². The quantitative estimate of drug-likeness (QED) is 0.696. The summed E-state index contributed by atoms with van der Waals surface area (Å²) in [5.41, 5.74) is 4.69. The average molecular weight is 366 g/mol. The molecule has 0 fully saturated rings. The molecule has 3 rings (SSSR count). The molecular formula is C21H23N3OS. The highest BCUT2D eigenvalue weighted by Crippen LogP contribution is 2.25. The van der Waals surface area contributed by atoms with E-state index in [1.54, 1.807) is 17.5 Å². The summed E-state index contributed by atoms with van der Waals surface area (Å²) in [6.45, 7) is 8.18. The summed E-state index contributed by atoms with van der Waals surface area (Å²) in [5, 5.41) is 6.14. The number of hydrogen-bond acceptors (Lipinski definition) is 4. The second kappa shape index (κ2) is 7.79. The van der Waals surface area contributed by atoms with Crippen LogP contribution >= 0.6 is 11.3 Å². The number of aromatic nitrogens is 2. The van der Waals surface area contributed by atoms with Gasteiger partial charge in [0.1, 0.15) is 5.01 Å². The zero-order valence-corrected chi connectivity index (χ0v) is 16.3. The Morgan fingerprint density at radius 2 is 1.85 bits per heavy atom. The van der Waals surface area contributed by atoms with Crippen molar-refractivity contribution in [3.63, 3.8) is 0 Å². The summed E-state index contributed by atoms with van der Waals surface area (Å²) in [7, 11) is 0. The van der Waals surface area contributed by atoms with E-state index < -0.39 is 0 Å². The predicted molar refractivity (Wildman–Crippen MR) is 106 cm³/mol. The van der Waals surface area contributed by atoms with Crippen LogP contribution in [0.2, 0.25) is 0 Å². The van der Waals surface area contributed by atoms with Crippen molar-refractivity contribution in [1.82, 2.24) is 15.3 Å². The fourth-order valence-electron chi connectivity index (χ4n) is 2.85. The fraction of sp³-hybridized carbons (Fsp3) is 0.286. The lowest BCUT2D eigenvalue weighted by molar-refractivity contribution is 0.0924. The van der Waals surface area contributed by atoms with E-state index >= 15 is 0 Å². The SMILES string of the molecule is Cc1csc(-c2ccc(C(=O)NC(c3ncccc3C)C(C)C)cc2)n1. The summed E-state index contributed by atoms with van der Waals surface area (Å²) in [6.07, 6.45) is 1.77. The van der Waals surface area contributed by atoms with E-state index in [0.29, 0.717) is 5.56 Å². The Bertz CT molecular complexity index is 900. The van der Waals surface area contributed by atoms with Gasteiger partial charge in [0, 0.05) is 28.4 Å². The zero-order chi connectivity index (χ0) is 18.7. The molecule has 0 saturated heterocycles. The van der Waals surface area contributed by atoms with Gasteiger partial charge in [0.25, 0.3) is 5.91 Å². The van der Waals surface area contributed by atoms with Crippen molar-refractivity contribution in [3.05, 3.63) is 70.5 Å². The van der Waals surface area contributed by atoms with Crippen LogP contribution in [0.4, 0.5) is 0 Å². The van der Waals surface area contributed by atoms with Gasteiger partial charge >= 0.3 is 0 Å². The van der Waals surface area contributed by atoms with Crippen LogP contribution in [0, 0.1) is 19.8 Å². The van der Waals surface area contributed by atoms with E-state index in [4.69, 9.17) is 0 Å². The summed E-state index contributed by atoms with van der Waals surface area (Å²) in [5.74, 6) is 0.153. The highest BCUT2D eigenvalue weighted by Gasteiger charge is 2.22. The Kier molecular flexibility index (Phi) is 5.47. The molecule has 0 radical (unpaired) electrons. The molecule has 4 nitrogen and oxygen atoms in total. The molecule has 0 saturated carbocycles. The molecule has 26 heavy (non-hydrogen) atoms. The summed E-state index contributed by atoms with van der Waals surface area (Å²) in [4.78, 5) is 21.7. The van der Waals surface area contributed by atoms with E-state index in [0.717, 1.165) is 27.5 Å². The lowest BCUT2D eigenvalue weighted by Crippen LogP contribution is -2.32. The zero-order valence-electron chi connectivity index (χ0n) is 15.5. The number of hydrogen-bond donors (Lipinski definition) is 1. The Balaban J connectivity index is 1.79. The van der Waals surface area contributed by atoms with Crippen LogP contribution in [0.3, 0.4) is 0 Å². The van der Waals surface area contributed by atoms with Crippen LogP contribution in [0.5, 0.6) is 0 Å². The largest absolute Gasteiger partial charge is 0.343 e. The van der Waals surface area contributed by atoms with Crippen molar-refractivity contribution in [2.24, 2.45) is 5.92 Å². The molecule has 0 spiro atoms. The number of nitrogens with one attached hydrogen (secondary N) is 1. The van der Waals surface area contributed by atoms with E-state index in [9.17, 15) is 4.79 Å². The standard InChI is InChI=1S/C21H23N3OS/c1-13(2)18(19-14(3)6-5-11-22-19)24-20(25)16-7-9-17(10-8-16)21-23-15(4)12-26-21/h5-13,18H,1-4H3,(H,24,25). The van der Waals surface area contributed by atoms with Crippen molar-refractivity contribution in [2.75, 3.05) is 0 Å². The number of carbonyl (C=O) groups is 1. The van der Waals surface area contributed by atoms with Crippen LogP contribution in [0.15, 0.2) is 48.0 Å². The maximum Gasteiger partial charge on any atom is 0.251 e. The highest BCUT2D eigenvalue weighted by molar-refractivity contribution is 7.13. The normalized spacial score (nSPS) is 12.2. The predicted octanol–water partition coefficient (Wildman–Crippen LogP) is 4.95. The Morgan fingerprint density at radius 1 is 1.12 bits per heavy atom. The molecule has 0 aliphatic carbocycles.